The van der Waals surface area contributed by atoms with Crippen LogP contribution in [0.5, 0.6) is 5.75 Å². The lowest BCUT2D eigenvalue weighted by molar-refractivity contribution is 0.340. The Morgan fingerprint density at radius 1 is 1.05 bits per heavy atom. The topological polar surface area (TPSA) is 27.1 Å². The fourth-order valence-corrected chi connectivity index (χ4v) is 2.36. The van der Waals surface area contributed by atoms with Crippen molar-refractivity contribution in [1.82, 2.24) is 9.78 Å². The molecule has 0 bridgehead atoms. The Hall–Kier alpha value is -2.55. The molecule has 2 aromatic carbocycles. The minimum atomic E-state index is 0.679. The fourth-order valence-electron chi connectivity index (χ4n) is 2.36. The van der Waals surface area contributed by atoms with Crippen LogP contribution in [0.1, 0.15) is 12.5 Å². The Morgan fingerprint density at radius 3 is 2.52 bits per heavy atom. The maximum absolute atomic E-state index is 5.46. The van der Waals surface area contributed by atoms with Crippen molar-refractivity contribution in [2.75, 3.05) is 6.61 Å². The molecule has 3 aromatic rings. The first-order chi connectivity index (χ1) is 10.3. The Labute approximate surface area is 124 Å². The number of hydrogen-bond acceptors (Lipinski definition) is 2. The van der Waals surface area contributed by atoms with E-state index in [1.807, 2.05) is 42.1 Å². The van der Waals surface area contributed by atoms with Gasteiger partial charge in [-0.15, -0.1) is 0 Å². The Morgan fingerprint density at radius 2 is 1.81 bits per heavy atom. The van der Waals surface area contributed by atoms with E-state index in [2.05, 4.69) is 42.5 Å². The molecular formula is C18H18N2O. The number of hydrogen-bond donors (Lipinski definition) is 0. The molecule has 0 radical (unpaired) electrons. The highest BCUT2D eigenvalue weighted by Gasteiger charge is 2.05. The largest absolute Gasteiger partial charge is 0.494 e. The van der Waals surface area contributed by atoms with Gasteiger partial charge in [-0.25, -0.2) is 4.68 Å². The molecule has 0 N–H and O–H groups in total. The molecule has 0 spiro atoms. The van der Waals surface area contributed by atoms with Crippen LogP contribution in [-0.4, -0.2) is 16.4 Å². The zero-order chi connectivity index (χ0) is 14.7. The quantitative estimate of drug-likeness (QED) is 0.713. The van der Waals surface area contributed by atoms with Crippen LogP contribution in [0.4, 0.5) is 0 Å². The lowest BCUT2D eigenvalue weighted by atomic mass is 10.0. The van der Waals surface area contributed by atoms with Gasteiger partial charge in [-0.3, -0.25) is 0 Å². The van der Waals surface area contributed by atoms with Gasteiger partial charge in [0.2, 0.25) is 0 Å². The number of nitrogens with zero attached hydrogens (tertiary/aromatic N) is 2. The van der Waals surface area contributed by atoms with Crippen LogP contribution < -0.4 is 4.74 Å². The number of aromatic nitrogens is 2. The molecule has 21 heavy (non-hydrogen) atoms. The van der Waals surface area contributed by atoms with E-state index >= 15 is 0 Å². The van der Waals surface area contributed by atoms with Crippen LogP contribution in [0.25, 0.3) is 16.8 Å². The highest BCUT2D eigenvalue weighted by atomic mass is 16.5. The van der Waals surface area contributed by atoms with Gasteiger partial charge in [0.15, 0.2) is 0 Å². The zero-order valence-electron chi connectivity index (χ0n) is 12.3. The molecule has 0 atom stereocenters. The summed E-state index contributed by atoms with van der Waals surface area (Å²) >= 11 is 0. The van der Waals surface area contributed by atoms with Crippen LogP contribution >= 0.6 is 0 Å². The standard InChI is InChI=1S/C18H18N2O/c1-3-21-17-10-8-16(9-11-17)20-13-15(12-19-20)18-7-5-4-6-14(18)2/h4-13H,3H2,1-2H3. The minimum absolute atomic E-state index is 0.679. The maximum Gasteiger partial charge on any atom is 0.119 e. The van der Waals surface area contributed by atoms with Crippen molar-refractivity contribution in [2.45, 2.75) is 13.8 Å². The molecule has 1 aromatic heterocycles. The van der Waals surface area contributed by atoms with Gasteiger partial charge >= 0.3 is 0 Å². The Balaban J connectivity index is 1.89. The first-order valence-electron chi connectivity index (χ1n) is 7.12. The molecule has 0 unspecified atom stereocenters. The van der Waals surface area contributed by atoms with E-state index in [0.29, 0.717) is 6.61 Å². The van der Waals surface area contributed by atoms with Crippen molar-refractivity contribution in [3.05, 3.63) is 66.5 Å². The summed E-state index contributed by atoms with van der Waals surface area (Å²) in [6.07, 6.45) is 3.96. The molecule has 0 aliphatic heterocycles. The molecule has 0 saturated carbocycles. The maximum atomic E-state index is 5.46. The van der Waals surface area contributed by atoms with Gasteiger partial charge in [-0.1, -0.05) is 24.3 Å². The van der Waals surface area contributed by atoms with Gasteiger partial charge in [-0.05, 0) is 49.2 Å². The van der Waals surface area contributed by atoms with Gasteiger partial charge in [0.05, 0.1) is 18.5 Å². The molecule has 0 aliphatic rings. The summed E-state index contributed by atoms with van der Waals surface area (Å²) in [7, 11) is 0. The van der Waals surface area contributed by atoms with Crippen molar-refractivity contribution >= 4 is 0 Å². The second-order valence-corrected chi connectivity index (χ2v) is 4.92. The van der Waals surface area contributed by atoms with Crippen molar-refractivity contribution in [3.63, 3.8) is 0 Å². The van der Waals surface area contributed by atoms with Gasteiger partial charge in [0.1, 0.15) is 5.75 Å². The molecule has 0 saturated heterocycles. The summed E-state index contributed by atoms with van der Waals surface area (Å²) in [5, 5.41) is 4.46. The molecular weight excluding hydrogens is 260 g/mol. The molecule has 3 rings (SSSR count). The fraction of sp³-hybridized carbons (Fsp3) is 0.167. The van der Waals surface area contributed by atoms with Crippen LogP contribution in [0, 0.1) is 6.92 Å². The SMILES string of the molecule is CCOc1ccc(-n2cc(-c3ccccc3C)cn2)cc1. The van der Waals surface area contributed by atoms with Crippen LogP contribution in [0.2, 0.25) is 0 Å². The molecule has 106 valence electrons. The summed E-state index contributed by atoms with van der Waals surface area (Å²) in [5.74, 6) is 0.882. The Kier molecular flexibility index (Phi) is 3.73. The number of ether oxygens (including phenoxy) is 1. The predicted molar refractivity (Wildman–Crippen MR) is 84.9 cm³/mol. The van der Waals surface area contributed by atoms with Gasteiger partial charge in [0, 0.05) is 11.8 Å². The average Bonchev–Trinajstić information content (AvgIpc) is 2.98. The molecule has 3 nitrogen and oxygen atoms in total. The van der Waals surface area contributed by atoms with Crippen molar-refractivity contribution in [3.8, 4) is 22.6 Å². The van der Waals surface area contributed by atoms with Gasteiger partial charge in [-0.2, -0.15) is 5.10 Å². The van der Waals surface area contributed by atoms with E-state index in [4.69, 9.17) is 4.74 Å². The first-order valence-corrected chi connectivity index (χ1v) is 7.12. The summed E-state index contributed by atoms with van der Waals surface area (Å²) in [4.78, 5) is 0. The van der Waals surface area contributed by atoms with Crippen molar-refractivity contribution in [1.29, 1.82) is 0 Å². The Bertz CT molecular complexity index is 729. The van der Waals surface area contributed by atoms with Crippen LogP contribution in [0.3, 0.4) is 0 Å². The van der Waals surface area contributed by atoms with E-state index in [0.717, 1.165) is 17.0 Å². The number of rotatable bonds is 4. The monoisotopic (exact) mass is 278 g/mol. The zero-order valence-corrected chi connectivity index (χ0v) is 12.3. The summed E-state index contributed by atoms with van der Waals surface area (Å²) in [6.45, 7) is 4.78. The molecule has 0 aliphatic carbocycles. The van der Waals surface area contributed by atoms with Crippen LogP contribution in [0.15, 0.2) is 60.9 Å². The number of benzene rings is 2. The summed E-state index contributed by atoms with van der Waals surface area (Å²) in [5.41, 5.74) is 4.62. The first kappa shape index (κ1) is 13.4. The minimum Gasteiger partial charge on any atom is -0.494 e. The second kappa shape index (κ2) is 5.83. The highest BCUT2D eigenvalue weighted by molar-refractivity contribution is 5.66. The average molecular weight is 278 g/mol. The van der Waals surface area contributed by atoms with Gasteiger partial charge in [0.25, 0.3) is 0 Å². The summed E-state index contributed by atoms with van der Waals surface area (Å²) < 4.78 is 7.34. The number of aryl methyl sites for hydroxylation is 1. The van der Waals surface area contributed by atoms with Crippen LogP contribution in [-0.2, 0) is 0 Å². The molecule has 1 heterocycles. The molecule has 0 amide bonds. The third-order valence-electron chi connectivity index (χ3n) is 3.45. The van der Waals surface area contributed by atoms with E-state index in [-0.39, 0.29) is 0 Å². The normalized spacial score (nSPS) is 10.6. The summed E-state index contributed by atoms with van der Waals surface area (Å²) in [6, 6.07) is 16.3. The molecule has 3 heteroatoms. The van der Waals surface area contributed by atoms with Gasteiger partial charge < -0.3 is 4.74 Å². The smallest absolute Gasteiger partial charge is 0.119 e. The second-order valence-electron chi connectivity index (χ2n) is 4.92. The lowest BCUT2D eigenvalue weighted by Crippen LogP contribution is -1.95. The van der Waals surface area contributed by atoms with E-state index in [9.17, 15) is 0 Å². The van der Waals surface area contributed by atoms with Crippen molar-refractivity contribution in [2.24, 2.45) is 0 Å². The highest BCUT2D eigenvalue weighted by Crippen LogP contribution is 2.24. The third kappa shape index (κ3) is 2.82. The third-order valence-corrected chi connectivity index (χ3v) is 3.45. The predicted octanol–water partition coefficient (Wildman–Crippen LogP) is 4.25. The van der Waals surface area contributed by atoms with E-state index < -0.39 is 0 Å². The van der Waals surface area contributed by atoms with Crippen molar-refractivity contribution < 1.29 is 4.74 Å². The van der Waals surface area contributed by atoms with E-state index in [1.165, 1.54) is 11.1 Å². The van der Waals surface area contributed by atoms with E-state index in [1.54, 1.807) is 0 Å². The lowest BCUT2D eigenvalue weighted by Gasteiger charge is -2.05. The molecule has 0 fully saturated rings.